The van der Waals surface area contributed by atoms with E-state index in [1.165, 1.54) is 0 Å². The zero-order valence-electron chi connectivity index (χ0n) is 14.2. The molecule has 1 unspecified atom stereocenters. The fourth-order valence-electron chi connectivity index (χ4n) is 3.35. The monoisotopic (exact) mass is 354 g/mol. The molecule has 0 bridgehead atoms. The standard InChI is InChI=1S/C17H26N2O4S/c1-22-16-8-6-7-15-11-14(13-23-17(15)16)12-18-24(20,21)19-9-4-2-3-5-10-19/h6-8,14,18H,2-5,9-13H2,1H3. The molecule has 0 saturated carbocycles. The van der Waals surface area contributed by atoms with Gasteiger partial charge in [0.15, 0.2) is 11.5 Å². The van der Waals surface area contributed by atoms with E-state index in [-0.39, 0.29) is 5.92 Å². The molecule has 1 fully saturated rings. The van der Waals surface area contributed by atoms with Crippen molar-refractivity contribution in [3.63, 3.8) is 0 Å². The summed E-state index contributed by atoms with van der Waals surface area (Å²) in [7, 11) is -1.77. The van der Waals surface area contributed by atoms with Crippen LogP contribution in [-0.4, -0.2) is 46.1 Å². The normalized spacial score (nSPS) is 22.3. The van der Waals surface area contributed by atoms with Gasteiger partial charge in [-0.1, -0.05) is 25.0 Å². The summed E-state index contributed by atoms with van der Waals surface area (Å²) in [4.78, 5) is 0. The molecular formula is C17H26N2O4S. The number of methoxy groups -OCH3 is 1. The number of benzene rings is 1. The molecule has 1 aromatic carbocycles. The van der Waals surface area contributed by atoms with E-state index >= 15 is 0 Å². The third kappa shape index (κ3) is 4.02. The van der Waals surface area contributed by atoms with E-state index in [4.69, 9.17) is 9.47 Å². The molecule has 1 aromatic rings. The lowest BCUT2D eigenvalue weighted by atomic mass is 9.96. The lowest BCUT2D eigenvalue weighted by Crippen LogP contribution is -2.44. The lowest BCUT2D eigenvalue weighted by molar-refractivity contribution is 0.212. The summed E-state index contributed by atoms with van der Waals surface area (Å²) in [6.07, 6.45) is 4.90. The van der Waals surface area contributed by atoms with Crippen molar-refractivity contribution in [3.05, 3.63) is 23.8 Å². The maximum Gasteiger partial charge on any atom is 0.279 e. The average molecular weight is 354 g/mol. The van der Waals surface area contributed by atoms with Crippen LogP contribution in [-0.2, 0) is 16.6 Å². The van der Waals surface area contributed by atoms with Crippen molar-refractivity contribution in [1.82, 2.24) is 9.03 Å². The molecule has 1 N–H and O–H groups in total. The molecule has 2 aliphatic rings. The quantitative estimate of drug-likeness (QED) is 0.878. The van der Waals surface area contributed by atoms with Gasteiger partial charge in [0.2, 0.25) is 0 Å². The molecule has 134 valence electrons. The minimum atomic E-state index is -3.39. The number of fused-ring (bicyclic) bond motifs is 1. The van der Waals surface area contributed by atoms with Gasteiger partial charge in [-0.25, -0.2) is 4.72 Å². The molecule has 2 aliphatic heterocycles. The Morgan fingerprint density at radius 3 is 2.71 bits per heavy atom. The van der Waals surface area contributed by atoms with Crippen LogP contribution < -0.4 is 14.2 Å². The van der Waals surface area contributed by atoms with Gasteiger partial charge in [-0.05, 0) is 30.9 Å². The summed E-state index contributed by atoms with van der Waals surface area (Å²) in [5, 5.41) is 0. The second kappa shape index (κ2) is 7.72. The van der Waals surface area contributed by atoms with Crippen molar-refractivity contribution in [3.8, 4) is 11.5 Å². The van der Waals surface area contributed by atoms with Crippen LogP contribution in [0.4, 0.5) is 0 Å². The topological polar surface area (TPSA) is 67.9 Å². The molecule has 6 nitrogen and oxygen atoms in total. The highest BCUT2D eigenvalue weighted by atomic mass is 32.2. The van der Waals surface area contributed by atoms with Gasteiger partial charge >= 0.3 is 0 Å². The van der Waals surface area contributed by atoms with Gasteiger partial charge in [-0.3, -0.25) is 0 Å². The van der Waals surface area contributed by atoms with Crippen molar-refractivity contribution in [2.24, 2.45) is 5.92 Å². The van der Waals surface area contributed by atoms with E-state index in [9.17, 15) is 8.42 Å². The van der Waals surface area contributed by atoms with Crippen molar-refractivity contribution in [2.75, 3.05) is 33.4 Å². The van der Waals surface area contributed by atoms with Gasteiger partial charge in [-0.15, -0.1) is 0 Å². The van der Waals surface area contributed by atoms with Crippen LogP contribution in [0.1, 0.15) is 31.2 Å². The van der Waals surface area contributed by atoms with E-state index in [1.807, 2.05) is 18.2 Å². The molecule has 0 amide bonds. The van der Waals surface area contributed by atoms with Gasteiger partial charge in [0.1, 0.15) is 0 Å². The molecule has 2 heterocycles. The van der Waals surface area contributed by atoms with E-state index in [2.05, 4.69) is 4.72 Å². The van der Waals surface area contributed by atoms with Crippen LogP contribution in [0.5, 0.6) is 11.5 Å². The smallest absolute Gasteiger partial charge is 0.279 e. The largest absolute Gasteiger partial charge is 0.493 e. The Morgan fingerprint density at radius 1 is 1.25 bits per heavy atom. The van der Waals surface area contributed by atoms with Crippen LogP contribution in [0.25, 0.3) is 0 Å². The predicted octanol–water partition coefficient (Wildman–Crippen LogP) is 1.96. The van der Waals surface area contributed by atoms with E-state index in [0.717, 1.165) is 49.2 Å². The molecule has 1 atom stereocenters. The SMILES string of the molecule is COc1cccc2c1OCC(CNS(=O)(=O)N1CCCCCC1)C2. The fraction of sp³-hybridized carbons (Fsp3) is 0.647. The summed E-state index contributed by atoms with van der Waals surface area (Å²) in [6.45, 7) is 2.14. The first-order chi connectivity index (χ1) is 11.6. The first-order valence-electron chi connectivity index (χ1n) is 8.63. The maximum atomic E-state index is 12.5. The lowest BCUT2D eigenvalue weighted by Gasteiger charge is -2.27. The molecule has 7 heteroatoms. The zero-order valence-corrected chi connectivity index (χ0v) is 15.0. The maximum absolute atomic E-state index is 12.5. The Bertz CT molecular complexity index is 655. The van der Waals surface area contributed by atoms with Crippen molar-refractivity contribution in [2.45, 2.75) is 32.1 Å². The Morgan fingerprint density at radius 2 is 2.00 bits per heavy atom. The van der Waals surface area contributed by atoms with Crippen LogP contribution >= 0.6 is 0 Å². The summed E-state index contributed by atoms with van der Waals surface area (Å²) in [5.74, 6) is 1.65. The molecule has 0 aromatic heterocycles. The number of nitrogens with zero attached hydrogens (tertiary/aromatic N) is 1. The number of hydrogen-bond donors (Lipinski definition) is 1. The second-order valence-corrected chi connectivity index (χ2v) is 8.25. The van der Waals surface area contributed by atoms with E-state index < -0.39 is 10.2 Å². The van der Waals surface area contributed by atoms with Gasteiger partial charge in [0.05, 0.1) is 13.7 Å². The van der Waals surface area contributed by atoms with Crippen LogP contribution in [0.2, 0.25) is 0 Å². The Kier molecular flexibility index (Phi) is 5.63. The van der Waals surface area contributed by atoms with Gasteiger partial charge in [0, 0.05) is 25.6 Å². The Hall–Kier alpha value is -1.31. The van der Waals surface area contributed by atoms with Gasteiger partial charge in [-0.2, -0.15) is 12.7 Å². The predicted molar refractivity (Wildman–Crippen MR) is 92.6 cm³/mol. The average Bonchev–Trinajstić information content (AvgIpc) is 2.89. The number of nitrogens with one attached hydrogen (secondary N) is 1. The fourth-order valence-corrected chi connectivity index (χ4v) is 4.71. The minimum absolute atomic E-state index is 0.131. The molecular weight excluding hydrogens is 328 g/mol. The number of ether oxygens (including phenoxy) is 2. The summed E-state index contributed by atoms with van der Waals surface area (Å²) in [6, 6.07) is 5.82. The molecule has 0 radical (unpaired) electrons. The molecule has 0 aliphatic carbocycles. The minimum Gasteiger partial charge on any atom is -0.493 e. The highest BCUT2D eigenvalue weighted by molar-refractivity contribution is 7.87. The van der Waals surface area contributed by atoms with Gasteiger partial charge < -0.3 is 9.47 Å². The first-order valence-corrected chi connectivity index (χ1v) is 10.1. The van der Waals surface area contributed by atoms with E-state index in [1.54, 1.807) is 11.4 Å². The van der Waals surface area contributed by atoms with Gasteiger partial charge in [0.25, 0.3) is 10.2 Å². The third-order valence-corrected chi connectivity index (χ3v) is 6.29. The van der Waals surface area contributed by atoms with E-state index in [0.29, 0.717) is 26.2 Å². The highest BCUT2D eigenvalue weighted by Crippen LogP contribution is 2.35. The Balaban J connectivity index is 1.59. The zero-order chi connectivity index (χ0) is 17.0. The number of hydrogen-bond acceptors (Lipinski definition) is 4. The summed E-state index contributed by atoms with van der Waals surface area (Å²) < 4.78 is 40.4. The summed E-state index contributed by atoms with van der Waals surface area (Å²) >= 11 is 0. The van der Waals surface area contributed by atoms with Crippen LogP contribution in [0.15, 0.2) is 18.2 Å². The molecule has 24 heavy (non-hydrogen) atoms. The summed E-state index contributed by atoms with van der Waals surface area (Å²) in [5.41, 5.74) is 1.07. The number of rotatable bonds is 5. The third-order valence-electron chi connectivity index (χ3n) is 4.71. The van der Waals surface area contributed by atoms with Crippen molar-refractivity contribution in [1.29, 1.82) is 0 Å². The second-order valence-electron chi connectivity index (χ2n) is 6.50. The first kappa shape index (κ1) is 17.5. The Labute approximate surface area is 144 Å². The van der Waals surface area contributed by atoms with Crippen LogP contribution in [0, 0.1) is 5.92 Å². The molecule has 1 saturated heterocycles. The van der Waals surface area contributed by atoms with Crippen molar-refractivity contribution < 1.29 is 17.9 Å². The molecule has 0 spiro atoms. The van der Waals surface area contributed by atoms with Crippen LogP contribution in [0.3, 0.4) is 0 Å². The highest BCUT2D eigenvalue weighted by Gasteiger charge is 2.27. The van der Waals surface area contributed by atoms with Crippen molar-refractivity contribution >= 4 is 10.2 Å². The molecule has 3 rings (SSSR count). The number of para-hydroxylation sites is 1.